The molecule has 1 aromatic rings. The standard InChI is InChI=1S/C6H2BrClN2O3/c7-5-4(6(8)11)1-3(2-9-5)10(12)13/h1-2H. The molecule has 0 aromatic carbocycles. The van der Waals surface area contributed by atoms with Gasteiger partial charge in [0.2, 0.25) is 0 Å². The maximum Gasteiger partial charge on any atom is 0.288 e. The lowest BCUT2D eigenvalue weighted by molar-refractivity contribution is -0.385. The Morgan fingerprint density at radius 1 is 1.69 bits per heavy atom. The zero-order valence-electron chi connectivity index (χ0n) is 6.03. The lowest BCUT2D eigenvalue weighted by Crippen LogP contribution is -1.96. The van der Waals surface area contributed by atoms with Gasteiger partial charge >= 0.3 is 0 Å². The molecule has 0 fully saturated rings. The van der Waals surface area contributed by atoms with Crippen molar-refractivity contribution in [3.63, 3.8) is 0 Å². The van der Waals surface area contributed by atoms with Gasteiger partial charge in [-0.3, -0.25) is 14.9 Å². The van der Waals surface area contributed by atoms with Crippen LogP contribution in [0.4, 0.5) is 5.69 Å². The minimum Gasteiger partial charge on any atom is -0.275 e. The second kappa shape index (κ2) is 3.80. The minimum absolute atomic E-state index is 0.0177. The van der Waals surface area contributed by atoms with Crippen LogP contribution in [0.2, 0.25) is 0 Å². The average Bonchev–Trinajstić information content (AvgIpc) is 2.04. The van der Waals surface area contributed by atoms with Gasteiger partial charge in [0.25, 0.3) is 10.9 Å². The second-order valence-corrected chi connectivity index (χ2v) is 3.16. The molecule has 5 nitrogen and oxygen atoms in total. The molecule has 0 bridgehead atoms. The van der Waals surface area contributed by atoms with Crippen LogP contribution in [0.25, 0.3) is 0 Å². The highest BCUT2D eigenvalue weighted by molar-refractivity contribution is 9.10. The van der Waals surface area contributed by atoms with Gasteiger partial charge in [0.15, 0.2) is 0 Å². The van der Waals surface area contributed by atoms with E-state index in [1.54, 1.807) is 0 Å². The van der Waals surface area contributed by atoms with Crippen LogP contribution in [0.5, 0.6) is 0 Å². The van der Waals surface area contributed by atoms with Crippen molar-refractivity contribution in [1.29, 1.82) is 0 Å². The van der Waals surface area contributed by atoms with Crippen LogP contribution in [0, 0.1) is 10.1 Å². The molecule has 0 N–H and O–H groups in total. The van der Waals surface area contributed by atoms with Gasteiger partial charge in [-0.15, -0.1) is 0 Å². The summed E-state index contributed by atoms with van der Waals surface area (Å²) in [6.45, 7) is 0. The fourth-order valence-corrected chi connectivity index (χ4v) is 1.33. The van der Waals surface area contributed by atoms with Crippen LogP contribution >= 0.6 is 27.5 Å². The van der Waals surface area contributed by atoms with Crippen LogP contribution < -0.4 is 0 Å². The van der Waals surface area contributed by atoms with Crippen molar-refractivity contribution in [1.82, 2.24) is 4.98 Å². The van der Waals surface area contributed by atoms with Crippen molar-refractivity contribution in [2.45, 2.75) is 0 Å². The molecule has 0 unspecified atom stereocenters. The smallest absolute Gasteiger partial charge is 0.275 e. The lowest BCUT2D eigenvalue weighted by atomic mass is 10.3. The minimum atomic E-state index is -0.789. The first-order chi connectivity index (χ1) is 6.02. The fourth-order valence-electron chi connectivity index (χ4n) is 0.675. The SMILES string of the molecule is O=C(Cl)c1cc([N+](=O)[O-])cnc1Br. The molecule has 0 spiro atoms. The predicted octanol–water partition coefficient (Wildman–Crippen LogP) is 2.13. The summed E-state index contributed by atoms with van der Waals surface area (Å²) in [6.07, 6.45) is 1.04. The largest absolute Gasteiger partial charge is 0.288 e. The van der Waals surface area contributed by atoms with Gasteiger partial charge in [0, 0.05) is 6.07 Å². The molecule has 0 aliphatic carbocycles. The summed E-state index contributed by atoms with van der Waals surface area (Å²) >= 11 is 8.09. The molecule has 0 aliphatic rings. The summed E-state index contributed by atoms with van der Waals surface area (Å²) in [5.74, 6) is 0. The summed E-state index contributed by atoms with van der Waals surface area (Å²) in [6, 6.07) is 1.06. The van der Waals surface area contributed by atoms with Crippen molar-refractivity contribution in [2.75, 3.05) is 0 Å². The zero-order valence-corrected chi connectivity index (χ0v) is 8.37. The number of nitro groups is 1. The summed E-state index contributed by atoms with van der Waals surface area (Å²) in [5.41, 5.74) is -0.289. The fraction of sp³-hybridized carbons (Fsp3) is 0. The quantitative estimate of drug-likeness (QED) is 0.355. The normalized spacial score (nSPS) is 9.69. The highest BCUT2D eigenvalue weighted by Crippen LogP contribution is 2.20. The van der Waals surface area contributed by atoms with Crippen molar-refractivity contribution >= 4 is 38.5 Å². The number of pyridine rings is 1. The molecule has 68 valence electrons. The number of rotatable bonds is 2. The van der Waals surface area contributed by atoms with Gasteiger partial charge in [-0.25, -0.2) is 4.98 Å². The third-order valence-corrected chi connectivity index (χ3v) is 2.08. The summed E-state index contributed by atoms with van der Waals surface area (Å²) in [5, 5.41) is 9.49. The van der Waals surface area contributed by atoms with E-state index in [9.17, 15) is 14.9 Å². The lowest BCUT2D eigenvalue weighted by Gasteiger charge is -1.96. The van der Waals surface area contributed by atoms with Gasteiger partial charge in [0.05, 0.1) is 10.5 Å². The highest BCUT2D eigenvalue weighted by Gasteiger charge is 2.14. The molecule has 0 saturated carbocycles. The summed E-state index contributed by atoms with van der Waals surface area (Å²) < 4.78 is 0.193. The van der Waals surface area contributed by atoms with E-state index in [2.05, 4.69) is 20.9 Å². The molecule has 7 heteroatoms. The van der Waals surface area contributed by atoms with Crippen LogP contribution in [0.15, 0.2) is 16.9 Å². The highest BCUT2D eigenvalue weighted by atomic mass is 79.9. The van der Waals surface area contributed by atoms with Crippen molar-refractivity contribution in [3.8, 4) is 0 Å². The van der Waals surface area contributed by atoms with Crippen LogP contribution in [0.1, 0.15) is 10.4 Å². The molecule has 1 rings (SSSR count). The molecule has 0 amide bonds. The molecule has 1 aromatic heterocycles. The molecule has 0 saturated heterocycles. The Bertz CT molecular complexity index is 382. The Balaban J connectivity index is 3.27. The Morgan fingerprint density at radius 3 is 2.77 bits per heavy atom. The first-order valence-corrected chi connectivity index (χ1v) is 4.19. The van der Waals surface area contributed by atoms with Crippen LogP contribution in [-0.2, 0) is 0 Å². The number of carbonyl (C=O) groups excluding carboxylic acids is 1. The second-order valence-electron chi connectivity index (χ2n) is 2.06. The van der Waals surface area contributed by atoms with Crippen molar-refractivity contribution in [3.05, 3.63) is 32.5 Å². The predicted molar refractivity (Wildman–Crippen MR) is 48.8 cm³/mol. The van der Waals surface area contributed by atoms with Gasteiger partial charge in [-0.1, -0.05) is 0 Å². The van der Waals surface area contributed by atoms with Gasteiger partial charge in [0.1, 0.15) is 10.8 Å². The van der Waals surface area contributed by atoms with E-state index in [1.807, 2.05) is 0 Å². The molecular formula is C6H2BrClN2O3. The van der Waals surface area contributed by atoms with E-state index in [0.717, 1.165) is 12.3 Å². The van der Waals surface area contributed by atoms with E-state index in [4.69, 9.17) is 11.6 Å². The number of hydrogen-bond donors (Lipinski definition) is 0. The molecular weight excluding hydrogens is 263 g/mol. The van der Waals surface area contributed by atoms with Crippen molar-refractivity contribution in [2.24, 2.45) is 0 Å². The Kier molecular flexibility index (Phi) is 2.94. The number of carbonyl (C=O) groups is 1. The van der Waals surface area contributed by atoms with E-state index >= 15 is 0 Å². The van der Waals surface area contributed by atoms with E-state index in [-0.39, 0.29) is 15.9 Å². The molecule has 0 atom stereocenters. The van der Waals surface area contributed by atoms with Crippen molar-refractivity contribution < 1.29 is 9.72 Å². The third kappa shape index (κ3) is 2.22. The third-order valence-electron chi connectivity index (χ3n) is 1.25. The summed E-state index contributed by atoms with van der Waals surface area (Å²) in [4.78, 5) is 23.9. The maximum absolute atomic E-state index is 10.7. The summed E-state index contributed by atoms with van der Waals surface area (Å²) in [7, 11) is 0. The molecule has 1 heterocycles. The Hall–Kier alpha value is -1.01. The van der Waals surface area contributed by atoms with E-state index in [1.165, 1.54) is 0 Å². The average molecular weight is 265 g/mol. The van der Waals surface area contributed by atoms with Gasteiger partial charge in [-0.05, 0) is 27.5 Å². The maximum atomic E-state index is 10.7. The van der Waals surface area contributed by atoms with Crippen LogP contribution in [-0.4, -0.2) is 15.1 Å². The molecule has 0 aliphatic heterocycles. The van der Waals surface area contributed by atoms with Gasteiger partial charge < -0.3 is 0 Å². The van der Waals surface area contributed by atoms with Gasteiger partial charge in [-0.2, -0.15) is 0 Å². The number of aromatic nitrogens is 1. The first-order valence-electron chi connectivity index (χ1n) is 3.02. The first kappa shape index (κ1) is 10.1. The zero-order chi connectivity index (χ0) is 10.0. The number of halogens is 2. The topological polar surface area (TPSA) is 73.1 Å². The van der Waals surface area contributed by atoms with Crippen LogP contribution in [0.3, 0.4) is 0 Å². The molecule has 13 heavy (non-hydrogen) atoms. The Labute approximate surface area is 86.0 Å². The monoisotopic (exact) mass is 264 g/mol. The Morgan fingerprint density at radius 2 is 2.31 bits per heavy atom. The van der Waals surface area contributed by atoms with E-state index < -0.39 is 10.2 Å². The van der Waals surface area contributed by atoms with E-state index in [0.29, 0.717) is 0 Å². The number of hydrogen-bond acceptors (Lipinski definition) is 4. The number of nitrogens with zero attached hydrogens (tertiary/aromatic N) is 2. The molecule has 0 radical (unpaired) electrons.